The van der Waals surface area contributed by atoms with Crippen LogP contribution in [0.15, 0.2) is 17.6 Å². The van der Waals surface area contributed by atoms with E-state index in [1.54, 1.807) is 22.7 Å². The predicted octanol–water partition coefficient (Wildman–Crippen LogP) is 3.57. The van der Waals surface area contributed by atoms with Crippen LogP contribution in [0.3, 0.4) is 0 Å². The van der Waals surface area contributed by atoms with Crippen molar-refractivity contribution < 1.29 is 4.79 Å². The highest BCUT2D eigenvalue weighted by Crippen LogP contribution is 2.42. The lowest BCUT2D eigenvalue weighted by Crippen LogP contribution is -2.29. The van der Waals surface area contributed by atoms with Gasteiger partial charge in [0.25, 0.3) is 5.91 Å². The van der Waals surface area contributed by atoms with Gasteiger partial charge in [-0.25, -0.2) is 4.98 Å². The molecule has 1 N–H and O–H groups in total. The van der Waals surface area contributed by atoms with Crippen LogP contribution in [0.5, 0.6) is 0 Å². The second-order valence-corrected chi connectivity index (χ2v) is 7.63. The van der Waals surface area contributed by atoms with Gasteiger partial charge in [-0.05, 0) is 49.7 Å². The number of carbonyl (C=O) groups is 1. The fraction of sp³-hybridized carbons (Fsp3) is 0.467. The minimum atomic E-state index is 0.0801. The van der Waals surface area contributed by atoms with Gasteiger partial charge < -0.3 is 5.32 Å². The fourth-order valence-electron chi connectivity index (χ4n) is 2.85. The van der Waals surface area contributed by atoms with E-state index in [-0.39, 0.29) is 11.9 Å². The van der Waals surface area contributed by atoms with Crippen molar-refractivity contribution in [2.45, 2.75) is 38.1 Å². The molecule has 0 saturated heterocycles. The zero-order valence-electron chi connectivity index (χ0n) is 11.1. The highest BCUT2D eigenvalue weighted by atomic mass is 32.1. The van der Waals surface area contributed by atoms with E-state index in [2.05, 4.69) is 16.4 Å². The van der Waals surface area contributed by atoms with Gasteiger partial charge in [-0.2, -0.15) is 0 Å². The van der Waals surface area contributed by atoms with Crippen LogP contribution < -0.4 is 5.32 Å². The number of fused-ring (bicyclic) bond motifs is 1. The van der Waals surface area contributed by atoms with Gasteiger partial charge in [-0.15, -0.1) is 22.7 Å². The summed E-state index contributed by atoms with van der Waals surface area (Å²) in [6.07, 6.45) is 7.74. The molecule has 2 aliphatic carbocycles. The van der Waals surface area contributed by atoms with Crippen LogP contribution in [0, 0.1) is 5.92 Å². The number of aryl methyl sites for hydroxylation is 2. The Morgan fingerprint density at radius 2 is 2.30 bits per heavy atom. The van der Waals surface area contributed by atoms with Gasteiger partial charge in [0.1, 0.15) is 5.01 Å². The molecule has 5 heteroatoms. The Hall–Kier alpha value is -1.20. The first-order valence-electron chi connectivity index (χ1n) is 7.13. The molecule has 2 aliphatic rings. The Labute approximate surface area is 126 Å². The van der Waals surface area contributed by atoms with Gasteiger partial charge >= 0.3 is 0 Å². The molecule has 0 aliphatic heterocycles. The molecule has 4 rings (SSSR count). The lowest BCUT2D eigenvalue weighted by atomic mass is 10.2. The molecule has 1 atom stereocenters. The summed E-state index contributed by atoms with van der Waals surface area (Å²) < 4.78 is 0. The first-order chi connectivity index (χ1) is 9.81. The van der Waals surface area contributed by atoms with E-state index in [1.807, 2.05) is 11.6 Å². The maximum absolute atomic E-state index is 12.5. The van der Waals surface area contributed by atoms with Crippen LogP contribution in [-0.4, -0.2) is 10.9 Å². The molecule has 0 bridgehead atoms. The zero-order chi connectivity index (χ0) is 13.5. The van der Waals surface area contributed by atoms with Crippen molar-refractivity contribution in [3.8, 4) is 0 Å². The number of nitrogens with zero attached hydrogens (tertiary/aromatic N) is 1. The summed E-state index contributed by atoms with van der Waals surface area (Å²) in [6.45, 7) is 0. The molecule has 0 radical (unpaired) electrons. The second kappa shape index (κ2) is 4.97. The molecule has 0 unspecified atom stereocenters. The van der Waals surface area contributed by atoms with E-state index in [4.69, 9.17) is 0 Å². The molecule has 1 fully saturated rings. The smallest absolute Gasteiger partial charge is 0.261 e. The van der Waals surface area contributed by atoms with Crippen molar-refractivity contribution in [2.24, 2.45) is 5.92 Å². The number of hydrogen-bond acceptors (Lipinski definition) is 4. The Bertz CT molecular complexity index is 607. The summed E-state index contributed by atoms with van der Waals surface area (Å²) in [5, 5.41) is 6.23. The summed E-state index contributed by atoms with van der Waals surface area (Å²) in [5.74, 6) is 0.661. The minimum absolute atomic E-state index is 0.0801. The fourth-order valence-corrected chi connectivity index (χ4v) is 4.79. The molecule has 1 saturated carbocycles. The van der Waals surface area contributed by atoms with E-state index >= 15 is 0 Å². The maximum Gasteiger partial charge on any atom is 0.261 e. The lowest BCUT2D eigenvalue weighted by Gasteiger charge is -2.15. The lowest BCUT2D eigenvalue weighted by molar-refractivity contribution is 0.0935. The number of nitrogens with one attached hydrogen (secondary N) is 1. The number of thiophene rings is 1. The second-order valence-electron chi connectivity index (χ2n) is 5.57. The highest BCUT2D eigenvalue weighted by molar-refractivity contribution is 7.14. The third-order valence-corrected chi connectivity index (χ3v) is 6.16. The van der Waals surface area contributed by atoms with E-state index in [9.17, 15) is 4.79 Å². The minimum Gasteiger partial charge on any atom is -0.342 e. The summed E-state index contributed by atoms with van der Waals surface area (Å²) >= 11 is 3.31. The molecular weight excluding hydrogens is 288 g/mol. The van der Waals surface area contributed by atoms with Gasteiger partial charge in [-0.3, -0.25) is 4.79 Å². The molecule has 0 spiro atoms. The average molecular weight is 304 g/mol. The van der Waals surface area contributed by atoms with Crippen LogP contribution >= 0.6 is 22.7 Å². The predicted molar refractivity (Wildman–Crippen MR) is 81.4 cm³/mol. The number of hydrogen-bond donors (Lipinski definition) is 1. The molecule has 104 valence electrons. The van der Waals surface area contributed by atoms with E-state index in [0.717, 1.165) is 22.7 Å². The molecule has 0 aromatic carbocycles. The first-order valence-corrected chi connectivity index (χ1v) is 8.83. The Kier molecular flexibility index (Phi) is 3.11. The Balaban J connectivity index is 1.53. The van der Waals surface area contributed by atoms with Crippen molar-refractivity contribution in [3.05, 3.63) is 38.0 Å². The number of aromatic nitrogens is 1. The standard InChI is InChI=1S/C15H16N2OS2/c18-14(12-8-10-2-1-3-11(10)20-12)17-13(9-4-5-9)15-16-6-7-19-15/h6-9,13H,1-5H2,(H,17,18)/t13-/m1/s1. The SMILES string of the molecule is O=C(N[C@@H](c1nccs1)C1CC1)c1cc2c(s1)CCC2. The zero-order valence-corrected chi connectivity index (χ0v) is 12.7. The number of carbonyl (C=O) groups excluding carboxylic acids is 1. The van der Waals surface area contributed by atoms with Crippen molar-refractivity contribution in [2.75, 3.05) is 0 Å². The molecule has 2 aromatic heterocycles. The van der Waals surface area contributed by atoms with Gasteiger partial charge in [-0.1, -0.05) is 0 Å². The largest absolute Gasteiger partial charge is 0.342 e. The third-order valence-electron chi connectivity index (χ3n) is 4.07. The normalized spacial score (nSPS) is 18.8. The molecule has 3 nitrogen and oxygen atoms in total. The number of amides is 1. The molecule has 1 amide bonds. The summed E-state index contributed by atoms with van der Waals surface area (Å²) in [7, 11) is 0. The van der Waals surface area contributed by atoms with Crippen LogP contribution in [0.1, 0.15) is 50.4 Å². The first kappa shape index (κ1) is 12.5. The summed E-state index contributed by atoms with van der Waals surface area (Å²) in [6, 6.07) is 2.20. The average Bonchev–Trinajstić information content (AvgIpc) is 2.86. The van der Waals surface area contributed by atoms with Crippen LogP contribution in [0.2, 0.25) is 0 Å². The highest BCUT2D eigenvalue weighted by Gasteiger charge is 2.35. The maximum atomic E-state index is 12.5. The summed E-state index contributed by atoms with van der Waals surface area (Å²) in [5.41, 5.74) is 1.39. The molecule has 20 heavy (non-hydrogen) atoms. The molecule has 2 heterocycles. The quantitative estimate of drug-likeness (QED) is 0.938. The number of thiazole rings is 1. The Morgan fingerprint density at radius 1 is 1.40 bits per heavy atom. The van der Waals surface area contributed by atoms with Gasteiger partial charge in [0, 0.05) is 16.5 Å². The summed E-state index contributed by atoms with van der Waals surface area (Å²) in [4.78, 5) is 19.1. The van der Waals surface area contributed by atoms with Crippen molar-refractivity contribution in [3.63, 3.8) is 0 Å². The van der Waals surface area contributed by atoms with Gasteiger partial charge in [0.05, 0.1) is 10.9 Å². The van der Waals surface area contributed by atoms with Crippen LogP contribution in [0.25, 0.3) is 0 Å². The van der Waals surface area contributed by atoms with Crippen molar-refractivity contribution in [1.29, 1.82) is 0 Å². The van der Waals surface area contributed by atoms with Crippen LogP contribution in [-0.2, 0) is 12.8 Å². The van der Waals surface area contributed by atoms with Crippen molar-refractivity contribution in [1.82, 2.24) is 10.3 Å². The molecular formula is C15H16N2OS2. The monoisotopic (exact) mass is 304 g/mol. The Morgan fingerprint density at radius 3 is 3.00 bits per heavy atom. The van der Waals surface area contributed by atoms with Crippen molar-refractivity contribution >= 4 is 28.6 Å². The molecule has 2 aromatic rings. The third kappa shape index (κ3) is 2.29. The van der Waals surface area contributed by atoms with E-state index < -0.39 is 0 Å². The van der Waals surface area contributed by atoms with Crippen LogP contribution in [0.4, 0.5) is 0 Å². The van der Waals surface area contributed by atoms with Gasteiger partial charge in [0.15, 0.2) is 0 Å². The topological polar surface area (TPSA) is 42.0 Å². The number of rotatable bonds is 4. The van der Waals surface area contributed by atoms with Gasteiger partial charge in [0.2, 0.25) is 0 Å². The van der Waals surface area contributed by atoms with E-state index in [1.165, 1.54) is 29.7 Å². The van der Waals surface area contributed by atoms with E-state index in [0.29, 0.717) is 5.92 Å².